The number of anilines is 2. The normalized spacial score (nSPS) is 11.0. The van der Waals surface area contributed by atoms with Crippen molar-refractivity contribution in [1.29, 1.82) is 0 Å². The lowest BCUT2D eigenvalue weighted by molar-refractivity contribution is 1.23. The molecule has 2 heterocycles. The molecule has 0 unspecified atom stereocenters. The van der Waals surface area contributed by atoms with E-state index in [-0.39, 0.29) is 0 Å². The summed E-state index contributed by atoms with van der Waals surface area (Å²) in [5, 5.41) is 7.31. The molecular weight excluding hydrogens is 350 g/mol. The maximum atomic E-state index is 6.15. The van der Waals surface area contributed by atoms with Crippen LogP contribution in [-0.4, -0.2) is 9.97 Å². The number of benzene rings is 2. The molecule has 0 spiro atoms. The van der Waals surface area contributed by atoms with Gasteiger partial charge in [0.2, 0.25) is 0 Å². The molecule has 0 aliphatic rings. The van der Waals surface area contributed by atoms with Gasteiger partial charge in [0, 0.05) is 21.7 Å². The van der Waals surface area contributed by atoms with Crippen LogP contribution in [0.15, 0.2) is 54.2 Å². The fourth-order valence-electron chi connectivity index (χ4n) is 2.77. The first-order chi connectivity index (χ1) is 12.1. The van der Waals surface area contributed by atoms with Gasteiger partial charge >= 0.3 is 0 Å². The smallest absolute Gasteiger partial charge is 0.143 e. The van der Waals surface area contributed by atoms with Gasteiger partial charge < -0.3 is 5.32 Å². The summed E-state index contributed by atoms with van der Waals surface area (Å²) in [4.78, 5) is 9.88. The molecule has 2 aromatic heterocycles. The molecule has 2 aromatic carbocycles. The van der Waals surface area contributed by atoms with Crippen molar-refractivity contribution >= 4 is 44.7 Å². The summed E-state index contributed by atoms with van der Waals surface area (Å²) in [5.41, 5.74) is 5.62. The van der Waals surface area contributed by atoms with E-state index in [1.165, 1.54) is 5.56 Å². The van der Waals surface area contributed by atoms with Crippen LogP contribution in [0.2, 0.25) is 5.02 Å². The minimum Gasteiger partial charge on any atom is -0.339 e. The van der Waals surface area contributed by atoms with Crippen LogP contribution in [0.25, 0.3) is 21.3 Å². The van der Waals surface area contributed by atoms with E-state index in [1.54, 1.807) is 17.7 Å². The maximum absolute atomic E-state index is 6.15. The highest BCUT2D eigenvalue weighted by Crippen LogP contribution is 2.38. The first-order valence-corrected chi connectivity index (χ1v) is 9.20. The van der Waals surface area contributed by atoms with E-state index in [4.69, 9.17) is 11.6 Å². The van der Waals surface area contributed by atoms with Crippen molar-refractivity contribution in [3.8, 4) is 11.1 Å². The lowest BCUT2D eigenvalue weighted by Crippen LogP contribution is -1.97. The Kier molecular flexibility index (Phi) is 4.15. The highest BCUT2D eigenvalue weighted by atomic mass is 35.5. The summed E-state index contributed by atoms with van der Waals surface area (Å²) in [7, 11) is 0. The van der Waals surface area contributed by atoms with Crippen molar-refractivity contribution in [1.82, 2.24) is 9.97 Å². The number of rotatable bonds is 3. The van der Waals surface area contributed by atoms with E-state index in [0.29, 0.717) is 5.02 Å². The van der Waals surface area contributed by atoms with Crippen LogP contribution >= 0.6 is 22.9 Å². The van der Waals surface area contributed by atoms with Gasteiger partial charge in [-0.05, 0) is 37.1 Å². The van der Waals surface area contributed by atoms with Crippen molar-refractivity contribution in [2.45, 2.75) is 13.8 Å². The second-order valence-electron chi connectivity index (χ2n) is 6.00. The van der Waals surface area contributed by atoms with Gasteiger partial charge in [0.25, 0.3) is 0 Å². The topological polar surface area (TPSA) is 37.8 Å². The second-order valence-corrected chi connectivity index (χ2v) is 7.30. The Morgan fingerprint density at radius 3 is 2.60 bits per heavy atom. The third-order valence-corrected chi connectivity index (χ3v) is 5.31. The maximum Gasteiger partial charge on any atom is 0.143 e. The van der Waals surface area contributed by atoms with Crippen LogP contribution < -0.4 is 5.32 Å². The Morgan fingerprint density at radius 1 is 1.00 bits per heavy atom. The molecule has 0 saturated heterocycles. The number of halogens is 1. The van der Waals surface area contributed by atoms with Crippen LogP contribution in [0.1, 0.15) is 11.1 Å². The Balaban J connectivity index is 1.85. The molecule has 0 amide bonds. The van der Waals surface area contributed by atoms with Gasteiger partial charge in [0.15, 0.2) is 0 Å². The van der Waals surface area contributed by atoms with Gasteiger partial charge in [0.05, 0.1) is 5.39 Å². The molecule has 5 heteroatoms. The van der Waals surface area contributed by atoms with Crippen molar-refractivity contribution in [3.05, 3.63) is 70.3 Å². The van der Waals surface area contributed by atoms with Gasteiger partial charge in [-0.25, -0.2) is 9.97 Å². The molecule has 0 aliphatic carbocycles. The molecular formula is C20H16ClN3S. The lowest BCUT2D eigenvalue weighted by Gasteiger charge is -2.11. The van der Waals surface area contributed by atoms with E-state index < -0.39 is 0 Å². The minimum absolute atomic E-state index is 0.697. The molecule has 0 radical (unpaired) electrons. The van der Waals surface area contributed by atoms with Crippen LogP contribution in [0.4, 0.5) is 11.5 Å². The van der Waals surface area contributed by atoms with Gasteiger partial charge in [-0.3, -0.25) is 0 Å². The average molecular weight is 366 g/mol. The molecule has 3 nitrogen and oxygen atoms in total. The zero-order chi connectivity index (χ0) is 17.4. The summed E-state index contributed by atoms with van der Waals surface area (Å²) in [6, 6.07) is 14.3. The molecule has 124 valence electrons. The van der Waals surface area contributed by atoms with Crippen LogP contribution in [0.3, 0.4) is 0 Å². The third kappa shape index (κ3) is 3.11. The van der Waals surface area contributed by atoms with Crippen LogP contribution in [-0.2, 0) is 0 Å². The molecule has 1 N–H and O–H groups in total. The lowest BCUT2D eigenvalue weighted by atomic mass is 10.0. The number of thiophene rings is 1. The van der Waals surface area contributed by atoms with Gasteiger partial charge in [0.1, 0.15) is 17.0 Å². The van der Waals surface area contributed by atoms with Crippen molar-refractivity contribution in [2.24, 2.45) is 0 Å². The number of hydrogen-bond donors (Lipinski definition) is 1. The molecule has 0 saturated carbocycles. The standard InChI is InChI=1S/C20H16ClN3S/c1-12-3-6-14(7-4-12)16-10-25-20-18(16)19(22-11-23-20)24-17-9-15(21)8-5-13(17)2/h3-11H,1-2H3,(H,22,23,24). The van der Waals surface area contributed by atoms with E-state index in [1.807, 2.05) is 25.1 Å². The molecule has 4 aromatic rings. The van der Waals surface area contributed by atoms with E-state index in [2.05, 4.69) is 51.9 Å². The first-order valence-electron chi connectivity index (χ1n) is 7.94. The van der Waals surface area contributed by atoms with Crippen LogP contribution in [0.5, 0.6) is 0 Å². The molecule has 0 fully saturated rings. The van der Waals surface area contributed by atoms with Gasteiger partial charge in [-0.2, -0.15) is 0 Å². The number of fused-ring (bicyclic) bond motifs is 1. The fourth-order valence-corrected chi connectivity index (χ4v) is 3.86. The fraction of sp³-hybridized carbons (Fsp3) is 0.100. The summed E-state index contributed by atoms with van der Waals surface area (Å²) in [6.45, 7) is 4.14. The number of nitrogens with zero attached hydrogens (tertiary/aromatic N) is 2. The zero-order valence-corrected chi connectivity index (χ0v) is 15.4. The van der Waals surface area contributed by atoms with Crippen molar-refractivity contribution in [2.75, 3.05) is 5.32 Å². The molecule has 4 rings (SSSR count). The van der Waals surface area contributed by atoms with Crippen molar-refractivity contribution in [3.63, 3.8) is 0 Å². The Hall–Kier alpha value is -2.43. The van der Waals surface area contributed by atoms with Crippen molar-refractivity contribution < 1.29 is 0 Å². The van der Waals surface area contributed by atoms with E-state index in [0.717, 1.165) is 38.4 Å². The van der Waals surface area contributed by atoms with E-state index >= 15 is 0 Å². The predicted molar refractivity (Wildman–Crippen MR) is 107 cm³/mol. The Labute approximate surface area is 155 Å². The third-order valence-electron chi connectivity index (χ3n) is 4.19. The van der Waals surface area contributed by atoms with Crippen LogP contribution in [0, 0.1) is 13.8 Å². The summed E-state index contributed by atoms with van der Waals surface area (Å²) in [6.07, 6.45) is 1.60. The van der Waals surface area contributed by atoms with Gasteiger partial charge in [-0.15, -0.1) is 11.3 Å². The molecule has 0 atom stereocenters. The number of hydrogen-bond acceptors (Lipinski definition) is 4. The number of aryl methyl sites for hydroxylation is 2. The Bertz CT molecular complexity index is 1050. The zero-order valence-electron chi connectivity index (χ0n) is 13.9. The number of aromatic nitrogens is 2. The highest BCUT2D eigenvalue weighted by Gasteiger charge is 2.14. The summed E-state index contributed by atoms with van der Waals surface area (Å²) < 4.78 is 0. The monoisotopic (exact) mass is 365 g/mol. The highest BCUT2D eigenvalue weighted by molar-refractivity contribution is 7.17. The predicted octanol–water partition coefficient (Wildman–Crippen LogP) is 6.37. The summed E-state index contributed by atoms with van der Waals surface area (Å²) >= 11 is 7.78. The summed E-state index contributed by atoms with van der Waals surface area (Å²) in [5.74, 6) is 0.798. The SMILES string of the molecule is Cc1ccc(-c2csc3ncnc(Nc4cc(Cl)ccc4C)c23)cc1. The molecule has 25 heavy (non-hydrogen) atoms. The quantitative estimate of drug-likeness (QED) is 0.458. The number of nitrogens with one attached hydrogen (secondary N) is 1. The molecule has 0 bridgehead atoms. The largest absolute Gasteiger partial charge is 0.339 e. The Morgan fingerprint density at radius 2 is 1.80 bits per heavy atom. The van der Waals surface area contributed by atoms with E-state index in [9.17, 15) is 0 Å². The average Bonchev–Trinajstić information content (AvgIpc) is 3.04. The van der Waals surface area contributed by atoms with Gasteiger partial charge in [-0.1, -0.05) is 47.5 Å². The first kappa shape index (κ1) is 16.1. The molecule has 0 aliphatic heterocycles. The second kappa shape index (κ2) is 6.47. The minimum atomic E-state index is 0.697.